The van der Waals surface area contributed by atoms with E-state index in [9.17, 15) is 28.0 Å². The first-order chi connectivity index (χ1) is 14.2. The molecule has 0 aliphatic carbocycles. The topological polar surface area (TPSA) is 74.3 Å². The maximum absolute atomic E-state index is 12.9. The number of imide groups is 1. The van der Waals surface area contributed by atoms with Crippen molar-refractivity contribution in [2.24, 2.45) is 0 Å². The third-order valence-corrected chi connectivity index (χ3v) is 4.66. The largest absolute Gasteiger partial charge is 0.457 e. The molecule has 0 fully saturated rings. The van der Waals surface area contributed by atoms with Gasteiger partial charge in [0, 0.05) is 17.7 Å². The Morgan fingerprint density at radius 3 is 2.53 bits per heavy atom. The molecule has 0 N–H and O–H groups in total. The zero-order valence-corrected chi connectivity index (χ0v) is 16.2. The fraction of sp³-hybridized carbons (Fsp3) is 0.227. The standard InChI is InChI=1S/C22H17F3N2O3/c1-3-9-27-20(28)17(13(2)18(12-26)21(27)29)11-16-7-8-19(30-16)14-5-4-6-15(10-14)22(23,24)25/h4-8,10-11H,3,9H2,1-2H3/b17-11-. The summed E-state index contributed by atoms with van der Waals surface area (Å²) < 4.78 is 44.5. The van der Waals surface area contributed by atoms with Crippen LogP contribution >= 0.6 is 0 Å². The van der Waals surface area contributed by atoms with Gasteiger partial charge in [-0.05, 0) is 49.3 Å². The molecule has 30 heavy (non-hydrogen) atoms. The van der Waals surface area contributed by atoms with Gasteiger partial charge in [-0.25, -0.2) is 0 Å². The van der Waals surface area contributed by atoms with E-state index in [-0.39, 0.29) is 40.3 Å². The fourth-order valence-electron chi connectivity index (χ4n) is 3.13. The molecule has 3 rings (SSSR count). The summed E-state index contributed by atoms with van der Waals surface area (Å²) in [5.41, 5.74) is -0.331. The third-order valence-electron chi connectivity index (χ3n) is 4.66. The molecule has 2 aromatic rings. The summed E-state index contributed by atoms with van der Waals surface area (Å²) in [5, 5.41) is 9.32. The van der Waals surface area contributed by atoms with E-state index in [1.54, 1.807) is 6.92 Å². The summed E-state index contributed by atoms with van der Waals surface area (Å²) in [6, 6.07) is 9.55. The summed E-state index contributed by atoms with van der Waals surface area (Å²) in [4.78, 5) is 26.1. The lowest BCUT2D eigenvalue weighted by atomic mass is 9.94. The molecule has 0 bridgehead atoms. The van der Waals surface area contributed by atoms with E-state index in [0.29, 0.717) is 6.42 Å². The minimum absolute atomic E-state index is 0.126. The second-order valence-electron chi connectivity index (χ2n) is 6.71. The Balaban J connectivity index is 2.01. The summed E-state index contributed by atoms with van der Waals surface area (Å²) in [6.07, 6.45) is -2.56. The van der Waals surface area contributed by atoms with Crippen molar-refractivity contribution in [3.05, 3.63) is 64.4 Å². The summed E-state index contributed by atoms with van der Waals surface area (Å²) >= 11 is 0. The van der Waals surface area contributed by atoms with Crippen LogP contribution in [0.4, 0.5) is 13.2 Å². The molecule has 0 unspecified atom stereocenters. The molecule has 1 aromatic heterocycles. The highest BCUT2D eigenvalue weighted by Crippen LogP contribution is 2.33. The number of hydrogen-bond acceptors (Lipinski definition) is 4. The van der Waals surface area contributed by atoms with Gasteiger partial charge in [-0.2, -0.15) is 18.4 Å². The average Bonchev–Trinajstić information content (AvgIpc) is 3.17. The van der Waals surface area contributed by atoms with Crippen LogP contribution in [0.25, 0.3) is 17.4 Å². The molecule has 1 aromatic carbocycles. The van der Waals surface area contributed by atoms with Gasteiger partial charge >= 0.3 is 6.18 Å². The lowest BCUT2D eigenvalue weighted by Gasteiger charge is -2.26. The zero-order chi connectivity index (χ0) is 22.1. The van der Waals surface area contributed by atoms with Crippen molar-refractivity contribution in [2.75, 3.05) is 6.54 Å². The highest BCUT2D eigenvalue weighted by Gasteiger charge is 2.35. The SMILES string of the molecule is CCCN1C(=O)C(C#N)=C(C)/C(=C/c2ccc(-c3cccc(C(F)(F)F)c3)o2)C1=O. The molecule has 0 saturated carbocycles. The molecule has 0 spiro atoms. The van der Waals surface area contributed by atoms with Crippen LogP contribution in [-0.4, -0.2) is 23.3 Å². The predicted octanol–water partition coefficient (Wildman–Crippen LogP) is 4.97. The molecule has 2 amide bonds. The van der Waals surface area contributed by atoms with E-state index in [0.717, 1.165) is 17.0 Å². The van der Waals surface area contributed by atoms with Gasteiger partial charge in [0.25, 0.3) is 11.8 Å². The van der Waals surface area contributed by atoms with E-state index in [1.807, 2.05) is 6.07 Å². The van der Waals surface area contributed by atoms with Gasteiger partial charge in [0.15, 0.2) is 0 Å². The smallest absolute Gasteiger partial charge is 0.416 e. The fourth-order valence-corrected chi connectivity index (χ4v) is 3.13. The molecule has 1 aliphatic rings. The molecule has 2 heterocycles. The van der Waals surface area contributed by atoms with Crippen molar-refractivity contribution < 1.29 is 27.2 Å². The van der Waals surface area contributed by atoms with Crippen LogP contribution in [0.1, 0.15) is 31.6 Å². The first-order valence-electron chi connectivity index (χ1n) is 9.14. The molecular weight excluding hydrogens is 397 g/mol. The molecule has 8 heteroatoms. The third kappa shape index (κ3) is 3.92. The number of nitriles is 1. The molecule has 1 aliphatic heterocycles. The van der Waals surface area contributed by atoms with Crippen LogP contribution in [0, 0.1) is 11.3 Å². The van der Waals surface area contributed by atoms with Crippen molar-refractivity contribution in [1.82, 2.24) is 4.90 Å². The number of carbonyl (C=O) groups is 2. The number of furan rings is 1. The molecule has 154 valence electrons. The van der Waals surface area contributed by atoms with Crippen LogP contribution in [0.2, 0.25) is 0 Å². The van der Waals surface area contributed by atoms with Gasteiger partial charge in [0.05, 0.1) is 5.56 Å². The Kier molecular flexibility index (Phi) is 5.65. The van der Waals surface area contributed by atoms with E-state index in [2.05, 4.69) is 0 Å². The van der Waals surface area contributed by atoms with Crippen LogP contribution in [0.3, 0.4) is 0 Å². The van der Waals surface area contributed by atoms with Crippen molar-refractivity contribution in [1.29, 1.82) is 5.26 Å². The minimum atomic E-state index is -4.48. The number of alkyl halides is 3. The highest BCUT2D eigenvalue weighted by molar-refractivity contribution is 6.19. The van der Waals surface area contributed by atoms with Crippen LogP contribution in [0.15, 0.2) is 57.5 Å². The molecule has 0 atom stereocenters. The zero-order valence-electron chi connectivity index (χ0n) is 16.2. The van der Waals surface area contributed by atoms with Crippen molar-refractivity contribution >= 4 is 17.9 Å². The van der Waals surface area contributed by atoms with Gasteiger partial charge in [0.2, 0.25) is 0 Å². The Hall–Kier alpha value is -3.60. The number of carbonyl (C=O) groups excluding carboxylic acids is 2. The lowest BCUT2D eigenvalue weighted by molar-refractivity contribution is -0.140. The average molecular weight is 414 g/mol. The molecule has 5 nitrogen and oxygen atoms in total. The number of halogens is 3. The summed E-state index contributed by atoms with van der Waals surface area (Å²) in [7, 11) is 0. The monoisotopic (exact) mass is 414 g/mol. The second kappa shape index (κ2) is 8.03. The maximum Gasteiger partial charge on any atom is 0.416 e. The summed E-state index contributed by atoms with van der Waals surface area (Å²) in [5.74, 6) is -0.772. The molecule has 0 radical (unpaired) electrons. The lowest BCUT2D eigenvalue weighted by Crippen LogP contribution is -2.43. The normalized spacial score (nSPS) is 16.4. The first kappa shape index (κ1) is 21.1. The van der Waals surface area contributed by atoms with Gasteiger partial charge in [-0.3, -0.25) is 14.5 Å². The van der Waals surface area contributed by atoms with Crippen molar-refractivity contribution in [3.63, 3.8) is 0 Å². The number of amides is 2. The summed E-state index contributed by atoms with van der Waals surface area (Å²) in [6.45, 7) is 3.47. The van der Waals surface area contributed by atoms with E-state index < -0.39 is 23.6 Å². The van der Waals surface area contributed by atoms with Crippen LogP contribution in [0.5, 0.6) is 0 Å². The molecule has 0 saturated heterocycles. The quantitative estimate of drug-likeness (QED) is 0.523. The van der Waals surface area contributed by atoms with Crippen molar-refractivity contribution in [2.45, 2.75) is 26.4 Å². The second-order valence-corrected chi connectivity index (χ2v) is 6.71. The Morgan fingerprint density at radius 1 is 1.17 bits per heavy atom. The van der Waals surface area contributed by atoms with Gasteiger partial charge in [-0.15, -0.1) is 0 Å². The van der Waals surface area contributed by atoms with Gasteiger partial charge < -0.3 is 4.42 Å². The number of nitrogens with zero attached hydrogens (tertiary/aromatic N) is 2. The van der Waals surface area contributed by atoms with E-state index in [1.165, 1.54) is 37.3 Å². The molecular formula is C22H17F3N2O3. The number of benzene rings is 1. The first-order valence-corrected chi connectivity index (χ1v) is 9.14. The van der Waals surface area contributed by atoms with Gasteiger partial charge in [-0.1, -0.05) is 19.1 Å². The predicted molar refractivity (Wildman–Crippen MR) is 102 cm³/mol. The number of rotatable bonds is 4. The van der Waals surface area contributed by atoms with Gasteiger partial charge in [0.1, 0.15) is 23.2 Å². The van der Waals surface area contributed by atoms with Crippen molar-refractivity contribution in [3.8, 4) is 17.4 Å². The minimum Gasteiger partial charge on any atom is -0.457 e. The highest BCUT2D eigenvalue weighted by atomic mass is 19.4. The Morgan fingerprint density at radius 2 is 1.90 bits per heavy atom. The van der Waals surface area contributed by atoms with E-state index >= 15 is 0 Å². The Bertz CT molecular complexity index is 1120. The van der Waals surface area contributed by atoms with Crippen LogP contribution < -0.4 is 0 Å². The maximum atomic E-state index is 12.9. The Labute approximate surface area is 170 Å². The van der Waals surface area contributed by atoms with Crippen LogP contribution in [-0.2, 0) is 15.8 Å². The number of hydrogen-bond donors (Lipinski definition) is 0. The van der Waals surface area contributed by atoms with E-state index in [4.69, 9.17) is 4.42 Å².